The van der Waals surface area contributed by atoms with E-state index in [4.69, 9.17) is 27.9 Å². The van der Waals surface area contributed by atoms with Crippen LogP contribution >= 0.6 is 35.0 Å². The van der Waals surface area contributed by atoms with Crippen LogP contribution in [0, 0.1) is 0 Å². The van der Waals surface area contributed by atoms with Crippen molar-refractivity contribution in [3.8, 4) is 17.1 Å². The van der Waals surface area contributed by atoms with Gasteiger partial charge in [0.25, 0.3) is 0 Å². The second-order valence-corrected chi connectivity index (χ2v) is 7.67. The number of halogens is 2. The normalized spacial score (nSPS) is 15.3. The largest absolute Gasteiger partial charge is 0.447 e. The summed E-state index contributed by atoms with van der Waals surface area (Å²) >= 11 is 13.6. The SMILES string of the molecule is CSc1nnc2c(n1)OC(c1ccc(Cl)cc1)N(C(C)=O)c1ccc(Cl)cc1-2. The molecule has 0 fully saturated rings. The fourth-order valence-electron chi connectivity index (χ4n) is 3.01. The van der Waals surface area contributed by atoms with Gasteiger partial charge in [-0.1, -0.05) is 47.1 Å². The molecule has 1 aliphatic heterocycles. The number of carbonyl (C=O) groups is 1. The minimum absolute atomic E-state index is 0.200. The van der Waals surface area contributed by atoms with Gasteiger partial charge in [-0.2, -0.15) is 4.98 Å². The highest BCUT2D eigenvalue weighted by molar-refractivity contribution is 7.98. The Morgan fingerprint density at radius 2 is 1.82 bits per heavy atom. The zero-order chi connectivity index (χ0) is 19.8. The molecule has 0 bridgehead atoms. The third-order valence-corrected chi connectivity index (χ3v) is 5.27. The topological polar surface area (TPSA) is 68.2 Å². The second-order valence-electron chi connectivity index (χ2n) is 6.02. The van der Waals surface area contributed by atoms with Crippen LogP contribution in [0.5, 0.6) is 5.88 Å². The maximum Gasteiger partial charge on any atom is 0.247 e. The summed E-state index contributed by atoms with van der Waals surface area (Å²) in [6, 6.07) is 12.3. The zero-order valence-corrected chi connectivity index (χ0v) is 17.2. The number of fused-ring (bicyclic) bond motifs is 3. The first-order valence-corrected chi connectivity index (χ1v) is 10.3. The molecule has 0 spiro atoms. The fraction of sp³-hybridized carbons (Fsp3) is 0.158. The summed E-state index contributed by atoms with van der Waals surface area (Å²) in [7, 11) is 0. The van der Waals surface area contributed by atoms with Gasteiger partial charge in [0.15, 0.2) is 5.69 Å². The first kappa shape index (κ1) is 19.0. The van der Waals surface area contributed by atoms with Gasteiger partial charge < -0.3 is 4.74 Å². The molecule has 28 heavy (non-hydrogen) atoms. The number of aromatic nitrogens is 3. The molecular weight excluding hydrogens is 419 g/mol. The zero-order valence-electron chi connectivity index (χ0n) is 14.9. The number of carbonyl (C=O) groups excluding carboxylic acids is 1. The smallest absolute Gasteiger partial charge is 0.247 e. The van der Waals surface area contributed by atoms with Gasteiger partial charge in [-0.15, -0.1) is 10.2 Å². The molecule has 1 atom stereocenters. The van der Waals surface area contributed by atoms with E-state index in [2.05, 4.69) is 15.2 Å². The number of rotatable bonds is 2. The minimum atomic E-state index is -0.748. The van der Waals surface area contributed by atoms with Crippen molar-refractivity contribution in [2.45, 2.75) is 18.3 Å². The third kappa shape index (κ3) is 3.41. The second kappa shape index (κ2) is 7.58. The lowest BCUT2D eigenvalue weighted by Gasteiger charge is -2.30. The molecule has 1 aromatic heterocycles. The first-order valence-electron chi connectivity index (χ1n) is 8.28. The van der Waals surface area contributed by atoms with E-state index in [0.29, 0.717) is 32.1 Å². The summed E-state index contributed by atoms with van der Waals surface area (Å²) in [5.74, 6) is 0.0842. The van der Waals surface area contributed by atoms with Crippen LogP contribution in [0.2, 0.25) is 10.0 Å². The number of anilines is 1. The predicted octanol–water partition coefficient (Wildman–Crippen LogP) is 5.01. The molecule has 0 saturated heterocycles. The molecule has 0 saturated carbocycles. The monoisotopic (exact) mass is 432 g/mol. The van der Waals surface area contributed by atoms with Crippen LogP contribution in [0.3, 0.4) is 0 Å². The highest BCUT2D eigenvalue weighted by Crippen LogP contribution is 2.44. The minimum Gasteiger partial charge on any atom is -0.447 e. The molecule has 1 aliphatic rings. The third-order valence-electron chi connectivity index (χ3n) is 4.24. The number of nitrogens with zero attached hydrogens (tertiary/aromatic N) is 4. The number of amides is 1. The van der Waals surface area contributed by atoms with Crippen molar-refractivity contribution in [1.82, 2.24) is 15.2 Å². The van der Waals surface area contributed by atoms with Gasteiger partial charge in [0.2, 0.25) is 23.2 Å². The molecule has 4 rings (SSSR count). The van der Waals surface area contributed by atoms with E-state index < -0.39 is 6.23 Å². The van der Waals surface area contributed by atoms with E-state index in [0.717, 1.165) is 5.56 Å². The van der Waals surface area contributed by atoms with E-state index >= 15 is 0 Å². The van der Waals surface area contributed by atoms with Crippen LogP contribution in [-0.4, -0.2) is 27.3 Å². The Balaban J connectivity index is 1.98. The van der Waals surface area contributed by atoms with Crippen LogP contribution in [0.15, 0.2) is 47.6 Å². The number of ether oxygens (including phenoxy) is 1. The lowest BCUT2D eigenvalue weighted by Crippen LogP contribution is -2.36. The Bertz CT molecular complexity index is 1060. The van der Waals surface area contributed by atoms with E-state index in [9.17, 15) is 4.79 Å². The number of hydrogen-bond donors (Lipinski definition) is 0. The predicted molar refractivity (Wildman–Crippen MR) is 110 cm³/mol. The molecule has 1 unspecified atom stereocenters. The summed E-state index contributed by atoms with van der Waals surface area (Å²) in [5, 5.41) is 9.98. The van der Waals surface area contributed by atoms with Crippen LogP contribution < -0.4 is 9.64 Å². The van der Waals surface area contributed by atoms with Crippen LogP contribution in [0.1, 0.15) is 18.7 Å². The molecular formula is C19H14Cl2N4O2S. The van der Waals surface area contributed by atoms with Crippen LogP contribution in [0.25, 0.3) is 11.3 Å². The highest BCUT2D eigenvalue weighted by atomic mass is 35.5. The van der Waals surface area contributed by atoms with Crippen molar-refractivity contribution in [3.05, 3.63) is 58.1 Å². The van der Waals surface area contributed by atoms with Gasteiger partial charge in [-0.3, -0.25) is 9.69 Å². The Hall–Kier alpha value is -2.35. The molecule has 9 heteroatoms. The van der Waals surface area contributed by atoms with Crippen molar-refractivity contribution in [2.24, 2.45) is 0 Å². The van der Waals surface area contributed by atoms with Gasteiger partial charge in [-0.25, -0.2) is 0 Å². The highest BCUT2D eigenvalue weighted by Gasteiger charge is 2.34. The van der Waals surface area contributed by atoms with Crippen molar-refractivity contribution >= 4 is 46.6 Å². The number of hydrogen-bond acceptors (Lipinski definition) is 6. The van der Waals surface area contributed by atoms with Crippen LogP contribution in [0.4, 0.5) is 5.69 Å². The summed E-state index contributed by atoms with van der Waals surface area (Å²) in [4.78, 5) is 18.7. The van der Waals surface area contributed by atoms with Crippen molar-refractivity contribution in [3.63, 3.8) is 0 Å². The van der Waals surface area contributed by atoms with E-state index in [1.165, 1.54) is 18.7 Å². The summed E-state index contributed by atoms with van der Waals surface area (Å²) in [6.07, 6.45) is 1.10. The molecule has 0 N–H and O–H groups in total. The molecule has 2 heterocycles. The lowest BCUT2D eigenvalue weighted by molar-refractivity contribution is -0.118. The van der Waals surface area contributed by atoms with Gasteiger partial charge >= 0.3 is 0 Å². The maximum atomic E-state index is 12.7. The number of thioether (sulfide) groups is 1. The Morgan fingerprint density at radius 3 is 2.50 bits per heavy atom. The average Bonchev–Trinajstić information content (AvgIpc) is 2.82. The fourth-order valence-corrected chi connectivity index (χ4v) is 3.60. The molecule has 0 aliphatic carbocycles. The van der Waals surface area contributed by atoms with Crippen molar-refractivity contribution in [1.29, 1.82) is 0 Å². The quantitative estimate of drug-likeness (QED) is 0.530. The molecule has 2 aromatic carbocycles. The van der Waals surface area contributed by atoms with E-state index in [1.54, 1.807) is 35.2 Å². The summed E-state index contributed by atoms with van der Waals surface area (Å²) < 4.78 is 6.21. The summed E-state index contributed by atoms with van der Waals surface area (Å²) in [5.41, 5.74) is 2.42. The Morgan fingerprint density at radius 1 is 1.11 bits per heavy atom. The molecule has 6 nitrogen and oxygen atoms in total. The van der Waals surface area contributed by atoms with Crippen molar-refractivity contribution in [2.75, 3.05) is 11.2 Å². The van der Waals surface area contributed by atoms with Crippen molar-refractivity contribution < 1.29 is 9.53 Å². The Labute approximate surface area is 175 Å². The molecule has 3 aromatic rings. The molecule has 0 radical (unpaired) electrons. The number of benzene rings is 2. The lowest BCUT2D eigenvalue weighted by atomic mass is 10.1. The maximum absolute atomic E-state index is 12.7. The molecule has 1 amide bonds. The Kier molecular flexibility index (Phi) is 5.14. The van der Waals surface area contributed by atoms with E-state index in [1.807, 2.05) is 18.4 Å². The van der Waals surface area contributed by atoms with Crippen LogP contribution in [-0.2, 0) is 4.79 Å². The first-order chi connectivity index (χ1) is 13.5. The molecule has 142 valence electrons. The summed E-state index contributed by atoms with van der Waals surface area (Å²) in [6.45, 7) is 1.48. The van der Waals surface area contributed by atoms with Gasteiger partial charge in [0.1, 0.15) is 0 Å². The van der Waals surface area contributed by atoms with Gasteiger partial charge in [-0.05, 0) is 36.6 Å². The van der Waals surface area contributed by atoms with Gasteiger partial charge in [0, 0.05) is 28.1 Å². The van der Waals surface area contributed by atoms with Gasteiger partial charge in [0.05, 0.1) is 5.69 Å². The van der Waals surface area contributed by atoms with E-state index in [-0.39, 0.29) is 11.8 Å². The standard InChI is InChI=1S/C19H14Cl2N4O2S/c1-10(26)25-15-8-7-13(21)9-14(15)16-17(22-19(28-2)24-23-16)27-18(25)11-3-5-12(20)6-4-11/h3-9,18H,1-2H3. The average molecular weight is 433 g/mol.